The number of rotatable bonds is 6. The van der Waals surface area contributed by atoms with Crippen LogP contribution in [-0.2, 0) is 11.2 Å². The van der Waals surface area contributed by atoms with Crippen molar-refractivity contribution in [2.75, 3.05) is 17.4 Å². The Bertz CT molecular complexity index is 846. The van der Waals surface area contributed by atoms with Crippen molar-refractivity contribution in [3.05, 3.63) is 65.6 Å². The molecule has 1 aromatic carbocycles. The van der Waals surface area contributed by atoms with Crippen LogP contribution in [0.3, 0.4) is 0 Å². The smallest absolute Gasteiger partial charge is 0.293 e. The number of aromatic nitrogens is 1. The average Bonchev–Trinajstić information content (AvgIpc) is 3.27. The van der Waals surface area contributed by atoms with Gasteiger partial charge in [0.05, 0.1) is 24.1 Å². The predicted molar refractivity (Wildman–Crippen MR) is 95.5 cm³/mol. The first-order chi connectivity index (χ1) is 12.1. The van der Waals surface area contributed by atoms with Crippen LogP contribution in [0.5, 0.6) is 0 Å². The van der Waals surface area contributed by atoms with E-state index in [9.17, 15) is 9.59 Å². The lowest BCUT2D eigenvalue weighted by Gasteiger charge is -2.19. The Morgan fingerprint density at radius 1 is 1.20 bits per heavy atom. The molecule has 0 aliphatic rings. The van der Waals surface area contributed by atoms with Gasteiger partial charge in [-0.15, -0.1) is 11.3 Å². The van der Waals surface area contributed by atoms with E-state index in [1.807, 2.05) is 30.3 Å². The van der Waals surface area contributed by atoms with Crippen molar-refractivity contribution in [2.45, 2.75) is 6.42 Å². The Kier molecular flexibility index (Phi) is 5.10. The highest BCUT2D eigenvalue weighted by Gasteiger charge is 2.13. The van der Waals surface area contributed by atoms with Crippen LogP contribution >= 0.6 is 11.3 Å². The fourth-order valence-corrected chi connectivity index (χ4v) is 2.82. The SMILES string of the molecule is CN(NC(=O)Cc1csc(NC(=O)c2ccco2)n1)c1ccccc1. The van der Waals surface area contributed by atoms with Crippen molar-refractivity contribution < 1.29 is 14.0 Å². The first kappa shape index (κ1) is 16.7. The zero-order chi connectivity index (χ0) is 17.6. The minimum absolute atomic E-state index is 0.115. The molecule has 25 heavy (non-hydrogen) atoms. The summed E-state index contributed by atoms with van der Waals surface area (Å²) >= 11 is 1.25. The second kappa shape index (κ2) is 7.63. The van der Waals surface area contributed by atoms with Gasteiger partial charge < -0.3 is 4.42 Å². The number of furan rings is 1. The maximum Gasteiger partial charge on any atom is 0.293 e. The molecule has 0 fully saturated rings. The molecule has 0 saturated carbocycles. The minimum atomic E-state index is -0.376. The molecule has 7 nitrogen and oxygen atoms in total. The van der Waals surface area contributed by atoms with Gasteiger partial charge in [0.25, 0.3) is 5.91 Å². The van der Waals surface area contributed by atoms with E-state index in [4.69, 9.17) is 4.42 Å². The topological polar surface area (TPSA) is 87.5 Å². The number of hydrogen-bond acceptors (Lipinski definition) is 6. The van der Waals surface area contributed by atoms with E-state index < -0.39 is 0 Å². The van der Waals surface area contributed by atoms with Crippen LogP contribution in [0.2, 0.25) is 0 Å². The molecule has 0 radical (unpaired) electrons. The summed E-state index contributed by atoms with van der Waals surface area (Å²) in [5.74, 6) is -0.362. The van der Waals surface area contributed by atoms with E-state index in [1.165, 1.54) is 17.6 Å². The molecule has 128 valence electrons. The van der Waals surface area contributed by atoms with E-state index in [1.54, 1.807) is 29.6 Å². The highest BCUT2D eigenvalue weighted by atomic mass is 32.1. The first-order valence-electron chi connectivity index (χ1n) is 7.49. The lowest BCUT2D eigenvalue weighted by Crippen LogP contribution is -2.40. The molecule has 0 aliphatic carbocycles. The molecular weight excluding hydrogens is 340 g/mol. The third-order valence-electron chi connectivity index (χ3n) is 3.29. The first-order valence-corrected chi connectivity index (χ1v) is 8.37. The number of carbonyl (C=O) groups excluding carboxylic acids is 2. The van der Waals surface area contributed by atoms with Gasteiger partial charge in [0, 0.05) is 12.4 Å². The number of para-hydroxylation sites is 1. The third kappa shape index (κ3) is 4.45. The summed E-state index contributed by atoms with van der Waals surface area (Å²) in [6, 6.07) is 12.7. The second-order valence-corrected chi connectivity index (χ2v) is 6.04. The summed E-state index contributed by atoms with van der Waals surface area (Å²) in [6.07, 6.45) is 1.54. The van der Waals surface area contributed by atoms with Crippen molar-refractivity contribution in [3.63, 3.8) is 0 Å². The lowest BCUT2D eigenvalue weighted by molar-refractivity contribution is -0.120. The monoisotopic (exact) mass is 356 g/mol. The zero-order valence-corrected chi connectivity index (χ0v) is 14.2. The molecule has 3 rings (SSSR count). The standard InChI is InChI=1S/C17H16N4O3S/c1-21(13-6-3-2-4-7-13)20-15(22)10-12-11-25-17(18-12)19-16(23)14-8-5-9-24-14/h2-9,11H,10H2,1H3,(H,20,22)(H,18,19,23). The Hall–Kier alpha value is -3.13. The van der Waals surface area contributed by atoms with Crippen molar-refractivity contribution in [1.82, 2.24) is 10.4 Å². The van der Waals surface area contributed by atoms with Gasteiger partial charge >= 0.3 is 0 Å². The molecule has 0 spiro atoms. The lowest BCUT2D eigenvalue weighted by atomic mass is 10.3. The van der Waals surface area contributed by atoms with Crippen molar-refractivity contribution >= 4 is 34.0 Å². The molecule has 2 amide bonds. The van der Waals surface area contributed by atoms with E-state index in [-0.39, 0.29) is 24.0 Å². The maximum absolute atomic E-state index is 12.1. The number of amides is 2. The fraction of sp³-hybridized carbons (Fsp3) is 0.118. The summed E-state index contributed by atoms with van der Waals surface area (Å²) < 4.78 is 5.02. The number of carbonyl (C=O) groups is 2. The van der Waals surface area contributed by atoms with Gasteiger partial charge in [0.1, 0.15) is 0 Å². The zero-order valence-electron chi connectivity index (χ0n) is 13.4. The fourth-order valence-electron chi connectivity index (χ4n) is 2.12. The van der Waals surface area contributed by atoms with Crippen LogP contribution in [0, 0.1) is 0 Å². The summed E-state index contributed by atoms with van der Waals surface area (Å²) in [4.78, 5) is 28.3. The Balaban J connectivity index is 1.54. The van der Waals surface area contributed by atoms with Gasteiger partial charge in [-0.05, 0) is 24.3 Å². The summed E-state index contributed by atoms with van der Waals surface area (Å²) in [6.45, 7) is 0. The largest absolute Gasteiger partial charge is 0.459 e. The van der Waals surface area contributed by atoms with Crippen LogP contribution in [0.15, 0.2) is 58.5 Å². The molecule has 0 atom stereocenters. The summed E-state index contributed by atoms with van der Waals surface area (Å²) in [5.41, 5.74) is 4.23. The number of thiazole rings is 1. The molecule has 2 heterocycles. The minimum Gasteiger partial charge on any atom is -0.459 e. The molecule has 0 unspecified atom stereocenters. The quantitative estimate of drug-likeness (QED) is 0.663. The number of nitrogens with zero attached hydrogens (tertiary/aromatic N) is 2. The van der Waals surface area contributed by atoms with E-state index in [2.05, 4.69) is 15.7 Å². The average molecular weight is 356 g/mol. The molecule has 2 N–H and O–H groups in total. The highest BCUT2D eigenvalue weighted by molar-refractivity contribution is 7.14. The third-order valence-corrected chi connectivity index (χ3v) is 4.10. The number of benzene rings is 1. The molecule has 2 aromatic heterocycles. The highest BCUT2D eigenvalue weighted by Crippen LogP contribution is 2.17. The maximum atomic E-state index is 12.1. The molecule has 0 bridgehead atoms. The summed E-state index contributed by atoms with van der Waals surface area (Å²) in [7, 11) is 1.77. The number of anilines is 2. The number of nitrogens with one attached hydrogen (secondary N) is 2. The van der Waals surface area contributed by atoms with Crippen LogP contribution in [0.4, 0.5) is 10.8 Å². The number of hydrogen-bond donors (Lipinski definition) is 2. The van der Waals surface area contributed by atoms with E-state index in [0.717, 1.165) is 5.69 Å². The predicted octanol–water partition coefficient (Wildman–Crippen LogP) is 2.70. The van der Waals surface area contributed by atoms with Gasteiger partial charge in [-0.2, -0.15) is 0 Å². The van der Waals surface area contributed by atoms with Gasteiger partial charge in [0.15, 0.2) is 10.9 Å². The Morgan fingerprint density at radius 2 is 2.00 bits per heavy atom. The van der Waals surface area contributed by atoms with Crippen molar-refractivity contribution in [1.29, 1.82) is 0 Å². The van der Waals surface area contributed by atoms with Crippen LogP contribution in [0.25, 0.3) is 0 Å². The molecule has 8 heteroatoms. The van der Waals surface area contributed by atoms with Gasteiger partial charge in [-0.3, -0.25) is 25.3 Å². The van der Waals surface area contributed by atoms with E-state index >= 15 is 0 Å². The Morgan fingerprint density at radius 3 is 2.72 bits per heavy atom. The van der Waals surface area contributed by atoms with Crippen LogP contribution in [0.1, 0.15) is 16.2 Å². The van der Waals surface area contributed by atoms with E-state index in [0.29, 0.717) is 10.8 Å². The van der Waals surface area contributed by atoms with Crippen molar-refractivity contribution in [3.8, 4) is 0 Å². The van der Waals surface area contributed by atoms with Gasteiger partial charge in [-0.1, -0.05) is 18.2 Å². The molecule has 0 saturated heterocycles. The van der Waals surface area contributed by atoms with Crippen LogP contribution < -0.4 is 15.8 Å². The summed E-state index contributed by atoms with van der Waals surface area (Å²) in [5, 5.41) is 6.44. The Labute approximate surface area is 148 Å². The number of hydrazine groups is 1. The van der Waals surface area contributed by atoms with Gasteiger partial charge in [0.2, 0.25) is 5.91 Å². The normalized spacial score (nSPS) is 10.3. The second-order valence-electron chi connectivity index (χ2n) is 5.18. The molecule has 3 aromatic rings. The van der Waals surface area contributed by atoms with Crippen LogP contribution in [-0.4, -0.2) is 23.8 Å². The molecule has 0 aliphatic heterocycles. The van der Waals surface area contributed by atoms with Gasteiger partial charge in [-0.25, -0.2) is 4.98 Å². The van der Waals surface area contributed by atoms with Crippen molar-refractivity contribution in [2.24, 2.45) is 0 Å². The molecular formula is C17H16N4O3S.